The number of nitrogens with zero attached hydrogens (tertiary/aromatic N) is 1. The normalized spacial score (nSPS) is 12.0. The lowest BCUT2D eigenvalue weighted by atomic mass is 10.1. The van der Waals surface area contributed by atoms with Crippen molar-refractivity contribution in [3.63, 3.8) is 0 Å². The van der Waals surface area contributed by atoms with Crippen LogP contribution in [-0.2, 0) is 6.54 Å². The predicted octanol–water partition coefficient (Wildman–Crippen LogP) is 3.68. The van der Waals surface area contributed by atoms with E-state index in [0.29, 0.717) is 73.4 Å². The first-order valence-electron chi connectivity index (χ1n) is 11.4. The maximum absolute atomic E-state index is 13.0. The number of rotatable bonds is 8. The van der Waals surface area contributed by atoms with E-state index in [4.69, 9.17) is 20.9 Å². The lowest BCUT2D eigenvalue weighted by Gasteiger charge is -2.24. The van der Waals surface area contributed by atoms with E-state index in [1.807, 2.05) is 12.1 Å². The molecule has 0 radical (unpaired) electrons. The molecule has 6 N–H and O–H groups in total. The quantitative estimate of drug-likeness (QED) is 0.368. The number of hydrogen-bond donors (Lipinski definition) is 4. The first-order chi connectivity index (χ1) is 17.0. The molecule has 3 amide bonds. The monoisotopic (exact) mass is 475 g/mol. The van der Waals surface area contributed by atoms with Crippen molar-refractivity contribution in [1.82, 2.24) is 4.90 Å². The number of para-hydroxylation sites is 2. The third kappa shape index (κ3) is 6.21. The number of nitrogens with one attached hydrogen (secondary N) is 2. The van der Waals surface area contributed by atoms with E-state index in [9.17, 15) is 9.59 Å². The van der Waals surface area contributed by atoms with Crippen molar-refractivity contribution in [3.05, 3.63) is 77.9 Å². The summed E-state index contributed by atoms with van der Waals surface area (Å²) in [5.74, 6) is 1.01. The summed E-state index contributed by atoms with van der Waals surface area (Å²) in [5.41, 5.74) is 14.6. The third-order valence-electron chi connectivity index (χ3n) is 5.51. The fraction of sp³-hybridized carbons (Fsp3) is 0.231. The summed E-state index contributed by atoms with van der Waals surface area (Å²) in [6.07, 6.45) is 0.660. The lowest BCUT2D eigenvalue weighted by molar-refractivity contribution is 0.102. The SMILES string of the molecule is NCCCN(Cc1ccc(C(=O)Nc2ccccc2N)cc1)C(=O)Nc1ccc2c(c1)OCCO2. The number of hydrogen-bond acceptors (Lipinski definition) is 6. The fourth-order valence-electron chi connectivity index (χ4n) is 3.65. The van der Waals surface area contributed by atoms with Gasteiger partial charge in [-0.2, -0.15) is 0 Å². The molecule has 35 heavy (non-hydrogen) atoms. The molecule has 0 atom stereocenters. The van der Waals surface area contributed by atoms with Crippen LogP contribution >= 0.6 is 0 Å². The number of carbonyl (C=O) groups excluding carboxylic acids is 2. The minimum absolute atomic E-state index is 0.253. The van der Waals surface area contributed by atoms with Crippen LogP contribution < -0.4 is 31.6 Å². The maximum atomic E-state index is 13.0. The van der Waals surface area contributed by atoms with Gasteiger partial charge in [0, 0.05) is 30.4 Å². The van der Waals surface area contributed by atoms with Crippen molar-refractivity contribution < 1.29 is 19.1 Å². The Bertz CT molecular complexity index is 1180. The van der Waals surface area contributed by atoms with Crippen LogP contribution in [0.25, 0.3) is 0 Å². The molecule has 0 aromatic heterocycles. The Morgan fingerprint density at radius 1 is 0.914 bits per heavy atom. The highest BCUT2D eigenvalue weighted by atomic mass is 16.6. The first kappa shape index (κ1) is 23.9. The zero-order chi connectivity index (χ0) is 24.6. The van der Waals surface area contributed by atoms with Gasteiger partial charge in [0.25, 0.3) is 5.91 Å². The molecule has 0 saturated heterocycles. The van der Waals surface area contributed by atoms with Gasteiger partial charge in [0.05, 0.1) is 11.4 Å². The summed E-state index contributed by atoms with van der Waals surface area (Å²) in [4.78, 5) is 27.3. The van der Waals surface area contributed by atoms with Crippen LogP contribution in [0.3, 0.4) is 0 Å². The molecule has 0 aliphatic carbocycles. The summed E-state index contributed by atoms with van der Waals surface area (Å²) < 4.78 is 11.1. The Kier molecular flexibility index (Phi) is 7.69. The van der Waals surface area contributed by atoms with Crippen LogP contribution in [0.1, 0.15) is 22.3 Å². The maximum Gasteiger partial charge on any atom is 0.322 e. The standard InChI is InChI=1S/C26H29N5O4/c27-12-3-13-31(26(33)29-20-10-11-23-24(16-20)35-15-14-34-23)17-18-6-8-19(9-7-18)25(32)30-22-5-2-1-4-21(22)28/h1-2,4-11,16H,3,12-15,17,27-28H2,(H,29,33)(H,30,32). The number of fused-ring (bicyclic) bond motifs is 1. The predicted molar refractivity (Wildman–Crippen MR) is 136 cm³/mol. The van der Waals surface area contributed by atoms with E-state index in [2.05, 4.69) is 10.6 Å². The van der Waals surface area contributed by atoms with Crippen molar-refractivity contribution in [2.24, 2.45) is 5.73 Å². The number of anilines is 3. The van der Waals surface area contributed by atoms with Crippen molar-refractivity contribution in [2.45, 2.75) is 13.0 Å². The molecular weight excluding hydrogens is 446 g/mol. The summed E-state index contributed by atoms with van der Waals surface area (Å²) in [5, 5.41) is 5.73. The fourth-order valence-corrected chi connectivity index (χ4v) is 3.65. The Balaban J connectivity index is 1.41. The minimum Gasteiger partial charge on any atom is -0.486 e. The third-order valence-corrected chi connectivity index (χ3v) is 5.51. The lowest BCUT2D eigenvalue weighted by Crippen LogP contribution is -2.36. The van der Waals surface area contributed by atoms with Crippen LogP contribution in [0.5, 0.6) is 11.5 Å². The molecule has 9 heteroatoms. The van der Waals surface area contributed by atoms with E-state index < -0.39 is 0 Å². The molecular formula is C26H29N5O4. The number of carbonyl (C=O) groups is 2. The second-order valence-corrected chi connectivity index (χ2v) is 8.09. The highest BCUT2D eigenvalue weighted by molar-refractivity contribution is 6.05. The van der Waals surface area contributed by atoms with Crippen LogP contribution in [0.4, 0.5) is 21.9 Å². The highest BCUT2D eigenvalue weighted by Crippen LogP contribution is 2.32. The first-order valence-corrected chi connectivity index (χ1v) is 11.4. The van der Waals surface area contributed by atoms with Gasteiger partial charge >= 0.3 is 6.03 Å². The molecule has 9 nitrogen and oxygen atoms in total. The molecule has 0 saturated carbocycles. The molecule has 1 aliphatic heterocycles. The van der Waals surface area contributed by atoms with Gasteiger partial charge in [-0.25, -0.2) is 4.79 Å². The number of urea groups is 1. The van der Waals surface area contributed by atoms with Crippen molar-refractivity contribution in [3.8, 4) is 11.5 Å². The number of amides is 3. The van der Waals surface area contributed by atoms with E-state index in [-0.39, 0.29) is 11.9 Å². The van der Waals surface area contributed by atoms with E-state index in [1.165, 1.54) is 0 Å². The number of nitrogen functional groups attached to an aromatic ring is 1. The molecule has 0 bridgehead atoms. The van der Waals surface area contributed by atoms with Crippen LogP contribution in [-0.4, -0.2) is 43.1 Å². The van der Waals surface area contributed by atoms with Gasteiger partial charge in [0.1, 0.15) is 13.2 Å². The van der Waals surface area contributed by atoms with Gasteiger partial charge in [-0.05, 0) is 54.9 Å². The Hall–Kier alpha value is -4.24. The largest absolute Gasteiger partial charge is 0.486 e. The Morgan fingerprint density at radius 3 is 2.40 bits per heavy atom. The zero-order valence-electron chi connectivity index (χ0n) is 19.3. The molecule has 0 fully saturated rings. The van der Waals surface area contributed by atoms with Crippen LogP contribution in [0.2, 0.25) is 0 Å². The van der Waals surface area contributed by atoms with Crippen molar-refractivity contribution in [1.29, 1.82) is 0 Å². The van der Waals surface area contributed by atoms with Crippen LogP contribution in [0, 0.1) is 0 Å². The molecule has 3 aromatic carbocycles. The topological polar surface area (TPSA) is 132 Å². The van der Waals surface area contributed by atoms with Gasteiger partial charge in [0.15, 0.2) is 11.5 Å². The molecule has 1 heterocycles. The summed E-state index contributed by atoms with van der Waals surface area (Å²) in [7, 11) is 0. The Morgan fingerprint density at radius 2 is 1.66 bits per heavy atom. The smallest absolute Gasteiger partial charge is 0.322 e. The van der Waals surface area contributed by atoms with E-state index in [1.54, 1.807) is 59.5 Å². The zero-order valence-corrected chi connectivity index (χ0v) is 19.3. The second-order valence-electron chi connectivity index (χ2n) is 8.09. The number of ether oxygens (including phenoxy) is 2. The molecule has 0 spiro atoms. The number of benzene rings is 3. The van der Waals surface area contributed by atoms with Gasteiger partial charge in [-0.15, -0.1) is 0 Å². The Labute approximate surface area is 204 Å². The highest BCUT2D eigenvalue weighted by Gasteiger charge is 2.17. The molecule has 182 valence electrons. The van der Waals surface area contributed by atoms with Gasteiger partial charge in [0.2, 0.25) is 0 Å². The molecule has 3 aromatic rings. The average molecular weight is 476 g/mol. The van der Waals surface area contributed by atoms with Crippen molar-refractivity contribution >= 4 is 29.0 Å². The summed E-state index contributed by atoms with van der Waals surface area (Å²) in [6, 6.07) is 19.3. The van der Waals surface area contributed by atoms with Gasteiger partial charge in [-0.3, -0.25) is 4.79 Å². The minimum atomic E-state index is -0.259. The van der Waals surface area contributed by atoms with E-state index in [0.717, 1.165) is 5.56 Å². The molecule has 0 unspecified atom stereocenters. The second kappa shape index (κ2) is 11.3. The van der Waals surface area contributed by atoms with Gasteiger partial charge < -0.3 is 36.5 Å². The number of nitrogens with two attached hydrogens (primary N) is 2. The van der Waals surface area contributed by atoms with Gasteiger partial charge in [-0.1, -0.05) is 24.3 Å². The summed E-state index contributed by atoms with van der Waals surface area (Å²) in [6.45, 7) is 2.30. The van der Waals surface area contributed by atoms with E-state index >= 15 is 0 Å². The summed E-state index contributed by atoms with van der Waals surface area (Å²) >= 11 is 0. The van der Waals surface area contributed by atoms with Crippen LogP contribution in [0.15, 0.2) is 66.7 Å². The molecule has 1 aliphatic rings. The molecule has 4 rings (SSSR count). The average Bonchev–Trinajstić information content (AvgIpc) is 2.88. The van der Waals surface area contributed by atoms with Crippen molar-refractivity contribution in [2.75, 3.05) is 42.7 Å².